The number of carbonyl (C=O) groups excluding carboxylic acids is 2. The first-order valence-electron chi connectivity index (χ1n) is 21.3. The number of rotatable bonds is 14. The van der Waals surface area contributed by atoms with Crippen molar-refractivity contribution < 1.29 is 24.5 Å². The zero-order chi connectivity index (χ0) is 45.5. The van der Waals surface area contributed by atoms with Crippen molar-refractivity contribution in [2.24, 2.45) is 0 Å². The Morgan fingerprint density at radius 2 is 1.20 bits per heavy atom. The minimum Gasteiger partial charge on any atom is -0.417 e. The zero-order valence-electron chi connectivity index (χ0n) is 36.9. The Bertz CT molecular complexity index is 2860. The van der Waals surface area contributed by atoms with Gasteiger partial charge in [0, 0.05) is 65.3 Å². The monoisotopic (exact) mass is 932 g/mol. The fourth-order valence-electron chi connectivity index (χ4n) is 6.90. The third kappa shape index (κ3) is 10.7. The number of H-pyrrole nitrogens is 1. The van der Waals surface area contributed by atoms with E-state index in [-0.39, 0.29) is 11.8 Å². The molecule has 64 heavy (non-hydrogen) atoms. The van der Waals surface area contributed by atoms with E-state index >= 15 is 0 Å². The summed E-state index contributed by atoms with van der Waals surface area (Å²) in [5.74, 6) is 0.648. The molecule has 5 heterocycles. The van der Waals surface area contributed by atoms with Gasteiger partial charge in [0.25, 0.3) is 11.8 Å². The van der Waals surface area contributed by atoms with Crippen LogP contribution in [0.4, 0.5) is 11.4 Å². The molecule has 2 saturated carbocycles. The van der Waals surface area contributed by atoms with Gasteiger partial charge in [-0.05, 0) is 132 Å². The summed E-state index contributed by atoms with van der Waals surface area (Å²) in [5, 5.41) is 49.0. The highest BCUT2D eigenvalue weighted by Gasteiger charge is 2.26. The minimum absolute atomic E-state index is 0.0198. The van der Waals surface area contributed by atoms with Crippen LogP contribution in [0, 0.1) is 20.8 Å². The molecule has 7 N–H and O–H groups in total. The number of anilines is 2. The molecule has 7 aromatic rings. The number of fused-ring (bicyclic) bond motifs is 2. The van der Waals surface area contributed by atoms with Gasteiger partial charge in [-0.3, -0.25) is 14.7 Å². The molecule has 2 aliphatic rings. The van der Waals surface area contributed by atoms with E-state index in [1.807, 2.05) is 63.2 Å². The van der Waals surface area contributed by atoms with Gasteiger partial charge >= 0.3 is 0 Å². The number of halogens is 1. The second kappa shape index (κ2) is 17.7. The molecule has 0 atom stereocenters. The molecular formula is C46H53BrN12O5. The summed E-state index contributed by atoms with van der Waals surface area (Å²) >= 11 is 3.45. The maximum atomic E-state index is 12.5. The van der Waals surface area contributed by atoms with Crippen LogP contribution in [0.3, 0.4) is 0 Å². The molecule has 2 amide bonds. The quantitative estimate of drug-likeness (QED) is 0.0578. The van der Waals surface area contributed by atoms with Gasteiger partial charge in [-0.1, -0.05) is 12.1 Å². The van der Waals surface area contributed by atoms with Gasteiger partial charge in [0.1, 0.15) is 4.60 Å². The lowest BCUT2D eigenvalue weighted by atomic mass is 10.0. The van der Waals surface area contributed by atoms with Crippen molar-refractivity contribution in [1.29, 1.82) is 0 Å². The first-order chi connectivity index (χ1) is 30.4. The van der Waals surface area contributed by atoms with Crippen molar-refractivity contribution in [2.45, 2.75) is 97.4 Å². The van der Waals surface area contributed by atoms with Crippen LogP contribution in [-0.2, 0) is 0 Å². The molecule has 18 heteroatoms. The van der Waals surface area contributed by atoms with Crippen molar-refractivity contribution >= 4 is 50.4 Å². The second-order valence-corrected chi connectivity index (χ2v) is 18.7. The molecule has 2 aromatic carbocycles. The van der Waals surface area contributed by atoms with E-state index in [1.165, 1.54) is 0 Å². The molecule has 0 unspecified atom stereocenters. The number of carbonyl (C=O) groups is 2. The summed E-state index contributed by atoms with van der Waals surface area (Å²) in [6.07, 6.45) is 7.72. The highest BCUT2D eigenvalue weighted by Crippen LogP contribution is 2.32. The topological polar surface area (TPSA) is 221 Å². The number of nitrogens with one attached hydrogen (secondary N) is 5. The van der Waals surface area contributed by atoms with E-state index in [4.69, 9.17) is 4.74 Å². The van der Waals surface area contributed by atoms with Crippen molar-refractivity contribution in [2.75, 3.05) is 23.7 Å². The second-order valence-electron chi connectivity index (χ2n) is 17.9. The Morgan fingerprint density at radius 3 is 1.64 bits per heavy atom. The maximum Gasteiger partial charge on any atom is 0.251 e. The number of hydrogen-bond donors (Lipinski definition) is 7. The zero-order valence-corrected chi connectivity index (χ0v) is 38.5. The van der Waals surface area contributed by atoms with Gasteiger partial charge in [0.2, 0.25) is 11.8 Å². The van der Waals surface area contributed by atoms with Gasteiger partial charge in [0.15, 0.2) is 11.3 Å². The Kier molecular flexibility index (Phi) is 12.2. The number of hydrogen-bond acceptors (Lipinski definition) is 12. The first-order valence-corrected chi connectivity index (χ1v) is 22.1. The van der Waals surface area contributed by atoms with Crippen LogP contribution in [0.1, 0.15) is 90.9 Å². The SMILES string of the molecule is Cc1cc(-c2cnc3c(NCC(C)(C)O)cc(Br)nn23)ccc1C(=O)NC1CC1.Cc1cc(Oc2cc(NCC(C)(C)O)c3ncc(-c4ccc(C(=O)NC5CC5)c(C)c4)n3n2)n[nH]1. The number of benzene rings is 2. The lowest BCUT2D eigenvalue weighted by molar-refractivity contribution is 0.0939. The fraction of sp³-hybridized carbons (Fsp3) is 0.370. The molecule has 0 spiro atoms. The number of aromatic amines is 1. The number of amides is 2. The summed E-state index contributed by atoms with van der Waals surface area (Å²) in [5.41, 5.74) is 8.27. The lowest BCUT2D eigenvalue weighted by Gasteiger charge is -2.19. The van der Waals surface area contributed by atoms with Crippen molar-refractivity contribution in [1.82, 2.24) is 50.0 Å². The molecule has 0 saturated heterocycles. The molecule has 2 aliphatic carbocycles. The Labute approximate surface area is 378 Å². The molecule has 0 aliphatic heterocycles. The van der Waals surface area contributed by atoms with Crippen LogP contribution in [0.25, 0.3) is 33.8 Å². The van der Waals surface area contributed by atoms with Crippen molar-refractivity contribution in [3.8, 4) is 34.3 Å². The molecule has 0 radical (unpaired) electrons. The average Bonchev–Trinajstić information content (AvgIpc) is 4.09. The smallest absolute Gasteiger partial charge is 0.251 e. The van der Waals surface area contributed by atoms with Gasteiger partial charge in [-0.25, -0.2) is 19.0 Å². The minimum atomic E-state index is -0.927. The highest BCUT2D eigenvalue weighted by molar-refractivity contribution is 9.10. The summed E-state index contributed by atoms with van der Waals surface area (Å²) < 4.78 is 10.0. The standard InChI is InChI=1S/C25H29N7O3.C21H24BrN5O2/c1-14-9-16(5-8-18(14)24(33)28-17-6-7-17)20-12-26-23-19(27-13-25(3,4)34)11-22(31-32(20)23)35-21-10-15(2)29-30-21;1-12-8-13(4-7-15(12)20(28)25-14-5-6-14)17-10-23-19-16(24-11-21(2,3)29)9-18(22)26-27(17)19/h5,8-12,17,27,34H,6-7,13H2,1-4H3,(H,28,33)(H,29,30);4,7-10,14,24,29H,5-6,11H2,1-3H3,(H,25,28). The summed E-state index contributed by atoms with van der Waals surface area (Å²) in [6.45, 7) is 13.4. The number of aryl methyl sites for hydroxylation is 3. The predicted octanol–water partition coefficient (Wildman–Crippen LogP) is 7.15. The largest absolute Gasteiger partial charge is 0.417 e. The van der Waals surface area contributed by atoms with Gasteiger partial charge in [-0.2, -0.15) is 5.10 Å². The average molecular weight is 934 g/mol. The molecule has 0 bridgehead atoms. The Balaban J connectivity index is 0.000000178. The van der Waals surface area contributed by atoms with Crippen molar-refractivity contribution in [3.05, 3.63) is 99.5 Å². The fourth-order valence-corrected chi connectivity index (χ4v) is 7.29. The van der Waals surface area contributed by atoms with Crippen LogP contribution in [0.15, 0.2) is 71.6 Å². The number of imidazole rings is 2. The maximum absolute atomic E-state index is 12.5. The van der Waals surface area contributed by atoms with Crippen LogP contribution in [0.5, 0.6) is 11.8 Å². The van der Waals surface area contributed by atoms with E-state index in [1.54, 1.807) is 61.3 Å². The first kappa shape index (κ1) is 44.2. The third-order valence-electron chi connectivity index (χ3n) is 10.6. The van der Waals surface area contributed by atoms with E-state index in [0.717, 1.165) is 70.7 Å². The molecule has 9 rings (SSSR count). The Hall–Kier alpha value is -6.37. The van der Waals surface area contributed by atoms with Gasteiger partial charge < -0.3 is 36.2 Å². The summed E-state index contributed by atoms with van der Waals surface area (Å²) in [6, 6.07) is 17.4. The molecule has 5 aromatic heterocycles. The van der Waals surface area contributed by atoms with E-state index < -0.39 is 11.2 Å². The van der Waals surface area contributed by atoms with Crippen molar-refractivity contribution in [3.63, 3.8) is 0 Å². The van der Waals surface area contributed by atoms with E-state index in [9.17, 15) is 19.8 Å². The predicted molar refractivity (Wildman–Crippen MR) is 248 cm³/mol. The van der Waals surface area contributed by atoms with Gasteiger partial charge in [0.05, 0.1) is 46.4 Å². The molecule has 334 valence electrons. The molecular weight excluding hydrogens is 880 g/mol. The summed E-state index contributed by atoms with van der Waals surface area (Å²) in [4.78, 5) is 34.1. The highest BCUT2D eigenvalue weighted by atomic mass is 79.9. The lowest BCUT2D eigenvalue weighted by Crippen LogP contribution is -2.29. The van der Waals surface area contributed by atoms with E-state index in [0.29, 0.717) is 69.6 Å². The van der Waals surface area contributed by atoms with Crippen LogP contribution < -0.4 is 26.0 Å². The van der Waals surface area contributed by atoms with Crippen LogP contribution in [-0.4, -0.2) is 97.8 Å². The molecule has 17 nitrogen and oxygen atoms in total. The number of aromatic nitrogens is 8. The van der Waals surface area contributed by atoms with Crippen LogP contribution >= 0.6 is 15.9 Å². The number of aliphatic hydroxyl groups is 2. The number of nitrogens with zero attached hydrogens (tertiary/aromatic N) is 7. The normalized spacial score (nSPS) is 14.0. The third-order valence-corrected chi connectivity index (χ3v) is 10.9. The number of ether oxygens (including phenoxy) is 1. The van der Waals surface area contributed by atoms with E-state index in [2.05, 4.69) is 67.6 Å². The summed E-state index contributed by atoms with van der Waals surface area (Å²) in [7, 11) is 0. The molecule has 2 fully saturated rings. The Morgan fingerprint density at radius 1 is 0.719 bits per heavy atom. The van der Waals surface area contributed by atoms with Gasteiger partial charge in [-0.15, -0.1) is 10.2 Å². The van der Waals surface area contributed by atoms with Crippen LogP contribution in [0.2, 0.25) is 0 Å².